The highest BCUT2D eigenvalue weighted by Gasteiger charge is 2.39. The first-order chi connectivity index (χ1) is 7.20. The van der Waals surface area contributed by atoms with E-state index in [9.17, 15) is 4.79 Å². The zero-order valence-corrected chi connectivity index (χ0v) is 9.07. The Labute approximate surface area is 90.2 Å². The van der Waals surface area contributed by atoms with E-state index >= 15 is 0 Å². The summed E-state index contributed by atoms with van der Waals surface area (Å²) in [5, 5.41) is 8.62. The molecule has 0 amide bonds. The van der Waals surface area contributed by atoms with Gasteiger partial charge in [-0.1, -0.05) is 0 Å². The Morgan fingerprint density at radius 1 is 1.40 bits per heavy atom. The molecule has 0 radical (unpaired) electrons. The van der Waals surface area contributed by atoms with Crippen molar-refractivity contribution in [3.63, 3.8) is 0 Å². The predicted molar refractivity (Wildman–Crippen MR) is 55.8 cm³/mol. The molecular formula is C11H19NO3. The second-order valence-corrected chi connectivity index (χ2v) is 4.66. The van der Waals surface area contributed by atoms with E-state index in [-0.39, 0.29) is 12.0 Å². The van der Waals surface area contributed by atoms with Gasteiger partial charge in [-0.05, 0) is 25.7 Å². The molecule has 0 saturated carbocycles. The number of rotatable bonds is 3. The van der Waals surface area contributed by atoms with E-state index in [1.165, 1.54) is 12.8 Å². The monoisotopic (exact) mass is 213 g/mol. The maximum Gasteiger partial charge on any atom is 0.304 e. The predicted octanol–water partition coefficient (Wildman–Crippen LogP) is 1.11. The second kappa shape index (κ2) is 4.49. The van der Waals surface area contributed by atoms with Crippen LogP contribution in [0, 0.1) is 0 Å². The molecule has 2 aliphatic heterocycles. The molecule has 4 heteroatoms. The first-order valence-corrected chi connectivity index (χ1v) is 5.78. The van der Waals surface area contributed by atoms with E-state index < -0.39 is 5.97 Å². The van der Waals surface area contributed by atoms with Crippen LogP contribution in [0.5, 0.6) is 0 Å². The standard InChI is InChI=1S/C11H19NO3/c13-10(14)3-6-12-7-5-11(9-12)4-1-2-8-15-11/h1-9H2,(H,13,14)/t11-/m0/s1. The van der Waals surface area contributed by atoms with E-state index in [1.54, 1.807) is 0 Å². The number of nitrogens with zero attached hydrogens (tertiary/aromatic N) is 1. The maximum absolute atomic E-state index is 10.5. The Morgan fingerprint density at radius 2 is 2.27 bits per heavy atom. The van der Waals surface area contributed by atoms with Gasteiger partial charge >= 0.3 is 5.97 Å². The fraction of sp³-hybridized carbons (Fsp3) is 0.909. The van der Waals surface area contributed by atoms with Crippen LogP contribution in [-0.4, -0.2) is 47.8 Å². The van der Waals surface area contributed by atoms with Crippen LogP contribution in [0.25, 0.3) is 0 Å². The molecule has 0 aromatic heterocycles. The van der Waals surface area contributed by atoms with E-state index in [0.29, 0.717) is 6.54 Å². The molecule has 2 heterocycles. The lowest BCUT2D eigenvalue weighted by molar-refractivity contribution is -0.137. The third-order valence-electron chi connectivity index (χ3n) is 3.47. The Hall–Kier alpha value is -0.610. The number of hydrogen-bond acceptors (Lipinski definition) is 3. The van der Waals surface area contributed by atoms with Crippen LogP contribution in [0.1, 0.15) is 32.1 Å². The summed E-state index contributed by atoms with van der Waals surface area (Å²) in [6.45, 7) is 3.47. The van der Waals surface area contributed by atoms with Gasteiger partial charge in [0.25, 0.3) is 0 Å². The van der Waals surface area contributed by atoms with Gasteiger partial charge in [-0.25, -0.2) is 0 Å². The zero-order valence-electron chi connectivity index (χ0n) is 9.07. The minimum atomic E-state index is -0.708. The largest absolute Gasteiger partial charge is 0.481 e. The normalized spacial score (nSPS) is 32.3. The fourth-order valence-corrected chi connectivity index (χ4v) is 2.60. The van der Waals surface area contributed by atoms with Crippen LogP contribution >= 0.6 is 0 Å². The summed E-state index contributed by atoms with van der Waals surface area (Å²) in [6.07, 6.45) is 4.91. The van der Waals surface area contributed by atoms with Crippen LogP contribution < -0.4 is 0 Å². The van der Waals surface area contributed by atoms with Crippen LogP contribution in [0.4, 0.5) is 0 Å². The molecule has 4 nitrogen and oxygen atoms in total. The van der Waals surface area contributed by atoms with Gasteiger partial charge in [0.1, 0.15) is 0 Å². The van der Waals surface area contributed by atoms with Crippen molar-refractivity contribution in [2.24, 2.45) is 0 Å². The average molecular weight is 213 g/mol. The van der Waals surface area contributed by atoms with Crippen molar-refractivity contribution >= 4 is 5.97 Å². The first kappa shape index (κ1) is 10.9. The van der Waals surface area contributed by atoms with Crippen molar-refractivity contribution in [1.29, 1.82) is 0 Å². The van der Waals surface area contributed by atoms with Gasteiger partial charge in [0.05, 0.1) is 12.0 Å². The highest BCUT2D eigenvalue weighted by atomic mass is 16.5. The van der Waals surface area contributed by atoms with Crippen molar-refractivity contribution in [2.45, 2.75) is 37.7 Å². The van der Waals surface area contributed by atoms with E-state index in [0.717, 1.165) is 32.5 Å². The summed E-state index contributed by atoms with van der Waals surface area (Å²) in [7, 11) is 0. The van der Waals surface area contributed by atoms with Crippen LogP contribution in [-0.2, 0) is 9.53 Å². The van der Waals surface area contributed by atoms with Crippen molar-refractivity contribution in [3.05, 3.63) is 0 Å². The number of ether oxygens (including phenoxy) is 1. The van der Waals surface area contributed by atoms with Crippen molar-refractivity contribution in [3.8, 4) is 0 Å². The van der Waals surface area contributed by atoms with Gasteiger partial charge in [-0.3, -0.25) is 9.69 Å². The van der Waals surface area contributed by atoms with Crippen molar-refractivity contribution in [1.82, 2.24) is 4.90 Å². The maximum atomic E-state index is 10.5. The highest BCUT2D eigenvalue weighted by Crippen LogP contribution is 2.33. The van der Waals surface area contributed by atoms with E-state index in [1.807, 2.05) is 0 Å². The molecule has 2 saturated heterocycles. The molecule has 0 aliphatic carbocycles. The molecule has 1 spiro atoms. The third-order valence-corrected chi connectivity index (χ3v) is 3.47. The molecule has 0 aromatic rings. The lowest BCUT2D eigenvalue weighted by Gasteiger charge is -2.33. The van der Waals surface area contributed by atoms with E-state index in [4.69, 9.17) is 9.84 Å². The topological polar surface area (TPSA) is 49.8 Å². The van der Waals surface area contributed by atoms with Gasteiger partial charge in [0.15, 0.2) is 0 Å². The first-order valence-electron chi connectivity index (χ1n) is 5.78. The highest BCUT2D eigenvalue weighted by molar-refractivity contribution is 5.66. The summed E-state index contributed by atoms with van der Waals surface area (Å²) in [5.41, 5.74) is 0.0662. The Balaban J connectivity index is 1.80. The molecule has 86 valence electrons. The molecule has 0 unspecified atom stereocenters. The SMILES string of the molecule is O=C(O)CCN1CC[C@@]2(CCCCO2)C1. The van der Waals surface area contributed by atoms with Gasteiger partial charge in [-0.2, -0.15) is 0 Å². The third kappa shape index (κ3) is 2.69. The fourth-order valence-electron chi connectivity index (χ4n) is 2.60. The van der Waals surface area contributed by atoms with Crippen LogP contribution in [0.3, 0.4) is 0 Å². The Bertz CT molecular complexity index is 236. The molecule has 2 rings (SSSR count). The number of aliphatic carboxylic acids is 1. The summed E-state index contributed by atoms with van der Waals surface area (Å²) in [5.74, 6) is -0.708. The molecule has 2 fully saturated rings. The number of likely N-dealkylation sites (tertiary alicyclic amines) is 1. The summed E-state index contributed by atoms with van der Waals surface area (Å²) in [4.78, 5) is 12.7. The van der Waals surface area contributed by atoms with Gasteiger partial charge in [0.2, 0.25) is 0 Å². The molecule has 0 bridgehead atoms. The van der Waals surface area contributed by atoms with Gasteiger partial charge in [-0.15, -0.1) is 0 Å². The second-order valence-electron chi connectivity index (χ2n) is 4.66. The smallest absolute Gasteiger partial charge is 0.304 e. The number of carboxylic acid groups (broad SMARTS) is 1. The summed E-state index contributed by atoms with van der Waals surface area (Å²) in [6, 6.07) is 0. The Morgan fingerprint density at radius 3 is 2.93 bits per heavy atom. The molecule has 1 atom stereocenters. The van der Waals surface area contributed by atoms with Crippen molar-refractivity contribution in [2.75, 3.05) is 26.2 Å². The lowest BCUT2D eigenvalue weighted by Crippen LogP contribution is -2.39. The molecule has 0 aromatic carbocycles. The minimum Gasteiger partial charge on any atom is -0.481 e. The molecule has 1 N–H and O–H groups in total. The van der Waals surface area contributed by atoms with Gasteiger partial charge < -0.3 is 9.84 Å². The van der Waals surface area contributed by atoms with E-state index in [2.05, 4.69) is 4.90 Å². The summed E-state index contributed by atoms with van der Waals surface area (Å²) >= 11 is 0. The zero-order chi connectivity index (χ0) is 10.7. The number of hydrogen-bond donors (Lipinski definition) is 1. The molecule has 15 heavy (non-hydrogen) atoms. The molecule has 2 aliphatic rings. The summed E-state index contributed by atoms with van der Waals surface area (Å²) < 4.78 is 5.87. The lowest BCUT2D eigenvalue weighted by atomic mass is 9.93. The Kier molecular flexibility index (Phi) is 3.26. The van der Waals surface area contributed by atoms with Crippen molar-refractivity contribution < 1.29 is 14.6 Å². The van der Waals surface area contributed by atoms with Gasteiger partial charge in [0, 0.05) is 26.2 Å². The quantitative estimate of drug-likeness (QED) is 0.763. The number of carboxylic acids is 1. The van der Waals surface area contributed by atoms with Crippen LogP contribution in [0.2, 0.25) is 0 Å². The van der Waals surface area contributed by atoms with Crippen LogP contribution in [0.15, 0.2) is 0 Å². The molecular weight excluding hydrogens is 194 g/mol. The number of carbonyl (C=O) groups is 1. The minimum absolute atomic E-state index is 0.0662. The average Bonchev–Trinajstić information content (AvgIpc) is 2.60.